The Kier molecular flexibility index (Phi) is 7.47. The number of rotatable bonds is 9. The van der Waals surface area contributed by atoms with Crippen LogP contribution in [0.3, 0.4) is 0 Å². The monoisotopic (exact) mass is 520 g/mol. The molecule has 2 fully saturated rings. The van der Waals surface area contributed by atoms with Gasteiger partial charge in [0.15, 0.2) is 10.8 Å². The number of aliphatic carboxylic acids is 1. The number of nitrogen functional groups attached to an aromatic ring is 1. The first-order chi connectivity index (χ1) is 16.7. The number of piperidine rings is 1. The lowest BCUT2D eigenvalue weighted by atomic mass is 10.0. The Morgan fingerprint density at radius 3 is 2.80 bits per heavy atom. The molecule has 1 unspecified atom stereocenters. The number of carbonyl (C=O) groups excluding carboxylic acids is 3. The van der Waals surface area contributed by atoms with Gasteiger partial charge in [-0.1, -0.05) is 17.8 Å². The molecule has 0 aliphatic carbocycles. The summed E-state index contributed by atoms with van der Waals surface area (Å²) in [6, 6.07) is -0.913. The second-order valence-electron chi connectivity index (χ2n) is 8.98. The van der Waals surface area contributed by atoms with Crippen LogP contribution in [0.5, 0.6) is 0 Å². The third-order valence-corrected chi connectivity index (χ3v) is 8.34. The summed E-state index contributed by atoms with van der Waals surface area (Å²) in [6.45, 7) is 6.12. The number of quaternary nitrogens is 1. The van der Waals surface area contributed by atoms with E-state index in [1.807, 2.05) is 0 Å². The largest absolute Gasteiger partial charge is 0.543 e. The summed E-state index contributed by atoms with van der Waals surface area (Å²) >= 11 is 2.57. The summed E-state index contributed by atoms with van der Waals surface area (Å²) in [5.74, 6) is -2.10. The molecule has 35 heavy (non-hydrogen) atoms. The smallest absolute Gasteiger partial charge is 0.276 e. The van der Waals surface area contributed by atoms with Gasteiger partial charge in [-0.05, 0) is 19.3 Å². The number of fused-ring (bicyclic) bond motifs is 1. The molecule has 3 aliphatic heterocycles. The van der Waals surface area contributed by atoms with Crippen molar-refractivity contribution in [2.24, 2.45) is 5.16 Å². The Morgan fingerprint density at radius 1 is 1.43 bits per heavy atom. The Hall–Kier alpha value is -2.90. The number of aromatic nitrogens is 1. The summed E-state index contributed by atoms with van der Waals surface area (Å²) in [5.41, 5.74) is 6.40. The minimum Gasteiger partial charge on any atom is -0.543 e. The third kappa shape index (κ3) is 5.21. The molecule has 1 aromatic heterocycles. The lowest BCUT2D eigenvalue weighted by molar-refractivity contribution is -0.909. The number of thiazole rings is 1. The molecule has 4 rings (SSSR count). The summed E-state index contributed by atoms with van der Waals surface area (Å²) < 4.78 is 0.751. The van der Waals surface area contributed by atoms with Crippen molar-refractivity contribution in [3.05, 3.63) is 35.0 Å². The molecule has 3 aliphatic rings. The van der Waals surface area contributed by atoms with Gasteiger partial charge in [-0.15, -0.1) is 23.1 Å². The van der Waals surface area contributed by atoms with Crippen LogP contribution in [0.15, 0.2) is 34.5 Å². The molecule has 4 heterocycles. The number of hydrogen-bond donors (Lipinski definition) is 2. The number of nitrogens with one attached hydrogen (secondary N) is 1. The van der Waals surface area contributed by atoms with Gasteiger partial charge in [0.1, 0.15) is 30.3 Å². The lowest BCUT2D eigenvalue weighted by Crippen LogP contribution is -2.72. The van der Waals surface area contributed by atoms with Crippen LogP contribution in [0.4, 0.5) is 5.13 Å². The van der Waals surface area contributed by atoms with E-state index in [1.165, 1.54) is 29.2 Å². The fourth-order valence-corrected chi connectivity index (χ4v) is 6.54. The predicted molar refractivity (Wildman–Crippen MR) is 131 cm³/mol. The molecule has 0 saturated carbocycles. The highest BCUT2D eigenvalue weighted by Crippen LogP contribution is 2.41. The number of oxime groups is 1. The summed E-state index contributed by atoms with van der Waals surface area (Å²) in [5, 5.41) is 19.8. The van der Waals surface area contributed by atoms with E-state index in [2.05, 4.69) is 29.1 Å². The molecule has 3 N–H and O–H groups in total. The van der Waals surface area contributed by atoms with E-state index in [4.69, 9.17) is 10.6 Å². The number of carboxylic acids is 1. The predicted octanol–water partition coefficient (Wildman–Crippen LogP) is -0.334. The van der Waals surface area contributed by atoms with Crippen LogP contribution >= 0.6 is 23.1 Å². The molecule has 2 amide bonds. The maximum Gasteiger partial charge on any atom is 0.276 e. The molecule has 0 spiro atoms. The third-order valence-electron chi connectivity index (χ3n) is 6.32. The maximum absolute atomic E-state index is 13.0. The van der Waals surface area contributed by atoms with Gasteiger partial charge in [-0.2, -0.15) is 0 Å². The molecule has 0 radical (unpaired) electrons. The molecule has 1 aromatic rings. The van der Waals surface area contributed by atoms with Crippen molar-refractivity contribution in [1.82, 2.24) is 15.2 Å². The number of amides is 2. The molecule has 13 heteroatoms. The fraction of sp³-hybridized carbons (Fsp3) is 0.500. The van der Waals surface area contributed by atoms with Crippen LogP contribution in [-0.2, 0) is 19.2 Å². The molecular weight excluding hydrogens is 492 g/mol. The lowest BCUT2D eigenvalue weighted by Gasteiger charge is -2.51. The zero-order valence-corrected chi connectivity index (χ0v) is 21.0. The van der Waals surface area contributed by atoms with Gasteiger partial charge >= 0.3 is 0 Å². The number of carboxylic acid groups (broad SMARTS) is 1. The second kappa shape index (κ2) is 10.4. The van der Waals surface area contributed by atoms with Crippen molar-refractivity contribution in [1.29, 1.82) is 0 Å². The van der Waals surface area contributed by atoms with Gasteiger partial charge in [-0.25, -0.2) is 4.98 Å². The minimum absolute atomic E-state index is 0.0651. The van der Waals surface area contributed by atoms with Crippen LogP contribution in [0.1, 0.15) is 25.0 Å². The topological polar surface area (TPSA) is 150 Å². The average Bonchev–Trinajstić information content (AvgIpc) is 3.25. The molecule has 2 saturated heterocycles. The number of carbonyl (C=O) groups is 3. The average molecular weight is 521 g/mol. The van der Waals surface area contributed by atoms with Gasteiger partial charge in [0.05, 0.1) is 31.8 Å². The van der Waals surface area contributed by atoms with Crippen molar-refractivity contribution in [3.63, 3.8) is 0 Å². The number of nitrogens with two attached hydrogens (primary N) is 1. The van der Waals surface area contributed by atoms with E-state index >= 15 is 0 Å². The molecule has 11 nitrogen and oxygen atoms in total. The van der Waals surface area contributed by atoms with Crippen molar-refractivity contribution in [2.45, 2.75) is 30.7 Å². The molecular formula is C22H28N6O5S2. The van der Waals surface area contributed by atoms with E-state index in [-0.39, 0.29) is 28.8 Å². The highest BCUT2D eigenvalue weighted by atomic mass is 32.2. The molecule has 188 valence electrons. The van der Waals surface area contributed by atoms with Gasteiger partial charge in [0.25, 0.3) is 11.8 Å². The number of likely N-dealkylation sites (N-methyl/N-ethyl adjacent to an activating group) is 1. The Labute approximate surface area is 211 Å². The summed E-state index contributed by atoms with van der Waals surface area (Å²) in [4.78, 5) is 48.5. The van der Waals surface area contributed by atoms with E-state index in [9.17, 15) is 19.5 Å². The number of likely N-dealkylation sites (tertiary alicyclic amines) is 1. The summed E-state index contributed by atoms with van der Waals surface area (Å²) in [6.07, 6.45) is 4.85. The SMILES string of the molecule is C=CCO/N=C(\C(=O)NC1C(=O)N2C(C(=O)[O-])=C(C[N+]3(C)CCCCC3)CS[C@H]12)c1csc(N)n1. The standard InChI is InChI=1S/C22H28N6O5S2/c1-3-9-33-26-15(14-12-35-22(23)24-14)18(29)25-16-19(30)27-17(21(31)32)13(11-34-20(16)27)10-28(2)7-5-4-6-8-28/h3,12,16,20H,1,4-11H2,2H3,(H3-,23,24,25,29,31,32)/b26-15-/t16?,20-/m1/s1. The second-order valence-corrected chi connectivity index (χ2v) is 11.0. The van der Waals surface area contributed by atoms with Gasteiger partial charge in [-0.3, -0.25) is 14.5 Å². The quantitative estimate of drug-likeness (QED) is 0.112. The number of anilines is 1. The Balaban J connectivity index is 1.51. The van der Waals surface area contributed by atoms with Gasteiger partial charge < -0.3 is 30.3 Å². The zero-order valence-electron chi connectivity index (χ0n) is 19.4. The number of β-lactam (4-membered cyclic amide) rings is 1. The summed E-state index contributed by atoms with van der Waals surface area (Å²) in [7, 11) is 2.12. The van der Waals surface area contributed by atoms with E-state index < -0.39 is 29.2 Å². The Morgan fingerprint density at radius 2 is 2.17 bits per heavy atom. The van der Waals surface area contributed by atoms with E-state index in [1.54, 1.807) is 5.38 Å². The minimum atomic E-state index is -1.37. The van der Waals surface area contributed by atoms with Gasteiger partial charge in [0, 0.05) is 16.7 Å². The van der Waals surface area contributed by atoms with E-state index in [0.717, 1.165) is 41.8 Å². The van der Waals surface area contributed by atoms with E-state index in [0.29, 0.717) is 17.9 Å². The first kappa shape index (κ1) is 25.2. The molecule has 0 bridgehead atoms. The highest BCUT2D eigenvalue weighted by molar-refractivity contribution is 8.00. The van der Waals surface area contributed by atoms with Crippen LogP contribution in [-0.4, -0.2) is 88.3 Å². The normalized spacial score (nSPS) is 23.9. The first-order valence-corrected chi connectivity index (χ1v) is 13.2. The van der Waals surface area contributed by atoms with Crippen molar-refractivity contribution >= 4 is 51.7 Å². The maximum atomic E-state index is 13.0. The molecule has 2 atom stereocenters. The van der Waals surface area contributed by atoms with Crippen LogP contribution in [0.2, 0.25) is 0 Å². The first-order valence-electron chi connectivity index (χ1n) is 11.3. The Bertz CT molecular complexity index is 1090. The number of hydrogen-bond acceptors (Lipinski definition) is 10. The number of nitrogens with zero attached hydrogens (tertiary/aromatic N) is 4. The van der Waals surface area contributed by atoms with Crippen LogP contribution in [0.25, 0.3) is 0 Å². The van der Waals surface area contributed by atoms with Crippen LogP contribution < -0.4 is 16.2 Å². The highest BCUT2D eigenvalue weighted by Gasteiger charge is 2.53. The fourth-order valence-electron chi connectivity index (χ4n) is 4.65. The van der Waals surface area contributed by atoms with Crippen molar-refractivity contribution in [2.75, 3.05) is 44.8 Å². The zero-order chi connectivity index (χ0) is 25.2. The van der Waals surface area contributed by atoms with Crippen molar-refractivity contribution < 1.29 is 28.8 Å². The molecule has 0 aromatic carbocycles. The van der Waals surface area contributed by atoms with Crippen LogP contribution in [0, 0.1) is 0 Å². The number of thioether (sulfide) groups is 1. The van der Waals surface area contributed by atoms with Gasteiger partial charge in [0.2, 0.25) is 0 Å². The van der Waals surface area contributed by atoms with Crippen molar-refractivity contribution in [3.8, 4) is 0 Å².